The first-order valence-corrected chi connectivity index (χ1v) is 12.5. The quantitative estimate of drug-likeness (QED) is 0.164. The zero-order valence-corrected chi connectivity index (χ0v) is 18.2. The van der Waals surface area contributed by atoms with Crippen molar-refractivity contribution in [1.82, 2.24) is 14.8 Å². The second-order valence-corrected chi connectivity index (χ2v) is 10.7. The SMILES string of the molecule is C[C@H](OP(=O)(O)OP(=O)(O)OP(=O)(O)O)[C@H]1O[C@@H](n2ncc(=O)[nH]c2=O)[C@@](O)(CF)C1O. The van der Waals surface area contributed by atoms with Crippen molar-refractivity contribution in [2.45, 2.75) is 37.1 Å². The Morgan fingerprint density at radius 3 is 2.34 bits per heavy atom. The molecule has 1 aromatic heterocycles. The summed E-state index contributed by atoms with van der Waals surface area (Å²) in [5.41, 5.74) is -5.11. The second-order valence-electron chi connectivity index (χ2n) is 6.31. The molecule has 1 aromatic rings. The molecule has 7 N–H and O–H groups in total. The molecular weight excluding hydrogens is 514 g/mol. The van der Waals surface area contributed by atoms with Crippen LogP contribution in [0, 0.1) is 0 Å². The number of aromatic amines is 1. The summed E-state index contributed by atoms with van der Waals surface area (Å²) in [5, 5.41) is 24.1. The minimum absolute atomic E-state index is 0.266. The van der Waals surface area contributed by atoms with Gasteiger partial charge in [-0.3, -0.25) is 14.3 Å². The van der Waals surface area contributed by atoms with Gasteiger partial charge < -0.3 is 34.5 Å². The Morgan fingerprint density at radius 1 is 1.25 bits per heavy atom. The summed E-state index contributed by atoms with van der Waals surface area (Å²) >= 11 is 0. The summed E-state index contributed by atoms with van der Waals surface area (Å²) in [4.78, 5) is 60.5. The van der Waals surface area contributed by atoms with Crippen LogP contribution < -0.4 is 11.2 Å². The molecule has 2 heterocycles. The van der Waals surface area contributed by atoms with Gasteiger partial charge in [0.1, 0.15) is 25.1 Å². The number of hydrogen-bond donors (Lipinski definition) is 7. The lowest BCUT2D eigenvalue weighted by atomic mass is 9.94. The zero-order chi connectivity index (χ0) is 24.7. The van der Waals surface area contributed by atoms with Crippen molar-refractivity contribution in [3.8, 4) is 0 Å². The van der Waals surface area contributed by atoms with Crippen LogP contribution in [0.15, 0.2) is 15.8 Å². The fourth-order valence-electron chi connectivity index (χ4n) is 2.65. The van der Waals surface area contributed by atoms with Crippen LogP contribution in [0.3, 0.4) is 0 Å². The lowest BCUT2D eigenvalue weighted by Crippen LogP contribution is -2.52. The second kappa shape index (κ2) is 9.23. The predicted molar refractivity (Wildman–Crippen MR) is 94.4 cm³/mol. The van der Waals surface area contributed by atoms with Gasteiger partial charge in [-0.1, -0.05) is 0 Å². The molecule has 18 nitrogen and oxygen atoms in total. The minimum atomic E-state index is -5.84. The Balaban J connectivity index is 2.26. The molecule has 22 heteroatoms. The fraction of sp³-hybridized carbons (Fsp3) is 0.700. The van der Waals surface area contributed by atoms with Crippen LogP contribution in [0.5, 0.6) is 0 Å². The van der Waals surface area contributed by atoms with Crippen LogP contribution in [0.2, 0.25) is 0 Å². The van der Waals surface area contributed by atoms with Gasteiger partial charge in [0, 0.05) is 0 Å². The number of phosphoric ester groups is 1. The minimum Gasteiger partial charge on any atom is -0.387 e. The average Bonchev–Trinajstić information content (AvgIpc) is 2.84. The van der Waals surface area contributed by atoms with E-state index in [1.807, 2.05) is 0 Å². The highest BCUT2D eigenvalue weighted by Crippen LogP contribution is 2.66. The van der Waals surface area contributed by atoms with Crippen molar-refractivity contribution in [3.05, 3.63) is 27.0 Å². The van der Waals surface area contributed by atoms with Gasteiger partial charge in [-0.05, 0) is 6.92 Å². The molecule has 2 rings (SSSR count). The van der Waals surface area contributed by atoms with Crippen LogP contribution in [0.25, 0.3) is 0 Å². The summed E-state index contributed by atoms with van der Waals surface area (Å²) in [6.07, 6.45) is -7.55. The first-order valence-electron chi connectivity index (χ1n) is 8.03. The van der Waals surface area contributed by atoms with E-state index in [0.717, 1.165) is 6.92 Å². The molecule has 0 aromatic carbocycles. The van der Waals surface area contributed by atoms with E-state index in [0.29, 0.717) is 6.20 Å². The number of phosphoric acid groups is 3. The van der Waals surface area contributed by atoms with Gasteiger partial charge in [-0.2, -0.15) is 18.4 Å². The summed E-state index contributed by atoms with van der Waals surface area (Å²) < 4.78 is 64.5. The Labute approximate surface area is 175 Å². The monoisotopic (exact) mass is 531 g/mol. The molecule has 0 amide bonds. The van der Waals surface area contributed by atoms with Gasteiger partial charge in [0.2, 0.25) is 0 Å². The van der Waals surface area contributed by atoms with E-state index >= 15 is 0 Å². The van der Waals surface area contributed by atoms with Gasteiger partial charge in [-0.15, -0.1) is 0 Å². The number of ether oxygens (including phenoxy) is 1. The number of alkyl halides is 1. The maximum atomic E-state index is 13.6. The third-order valence-electron chi connectivity index (χ3n) is 3.89. The molecular formula is C10H17FN3O15P3. The van der Waals surface area contributed by atoms with Crippen molar-refractivity contribution in [2.24, 2.45) is 0 Å². The number of H-pyrrole nitrogens is 1. The molecule has 0 radical (unpaired) electrons. The lowest BCUT2D eigenvalue weighted by Gasteiger charge is -2.28. The van der Waals surface area contributed by atoms with E-state index in [-0.39, 0.29) is 4.68 Å². The number of nitrogens with one attached hydrogen (secondary N) is 1. The van der Waals surface area contributed by atoms with E-state index in [1.165, 1.54) is 0 Å². The maximum Gasteiger partial charge on any atom is 0.490 e. The van der Waals surface area contributed by atoms with E-state index in [1.54, 1.807) is 4.98 Å². The van der Waals surface area contributed by atoms with Crippen LogP contribution in [-0.2, 0) is 31.6 Å². The van der Waals surface area contributed by atoms with Crippen LogP contribution in [0.4, 0.5) is 4.39 Å². The third-order valence-corrected chi connectivity index (χ3v) is 7.82. The summed E-state index contributed by atoms with van der Waals surface area (Å²) in [5.74, 6) is 0. The molecule has 1 aliphatic heterocycles. The number of rotatable bonds is 9. The molecule has 3 unspecified atom stereocenters. The summed E-state index contributed by atoms with van der Waals surface area (Å²) in [6.45, 7) is -0.860. The highest BCUT2D eigenvalue weighted by molar-refractivity contribution is 7.66. The predicted octanol–water partition coefficient (Wildman–Crippen LogP) is -2.38. The number of nitrogens with zero attached hydrogens (tertiary/aromatic N) is 2. The van der Waals surface area contributed by atoms with Crippen LogP contribution in [0.1, 0.15) is 13.2 Å². The maximum absolute atomic E-state index is 13.6. The van der Waals surface area contributed by atoms with Crippen molar-refractivity contribution < 1.29 is 65.8 Å². The summed E-state index contributed by atoms with van der Waals surface area (Å²) in [6, 6.07) is 0. The molecule has 32 heavy (non-hydrogen) atoms. The number of hydrogen-bond acceptors (Lipinski definition) is 12. The normalized spacial score (nSPS) is 31.1. The smallest absolute Gasteiger partial charge is 0.387 e. The van der Waals surface area contributed by atoms with Crippen molar-refractivity contribution in [3.63, 3.8) is 0 Å². The number of aromatic nitrogens is 3. The molecule has 0 spiro atoms. The van der Waals surface area contributed by atoms with Crippen LogP contribution in [-0.4, -0.2) is 75.1 Å². The first-order chi connectivity index (χ1) is 14.4. The Kier molecular flexibility index (Phi) is 7.81. The fourth-order valence-corrected chi connectivity index (χ4v) is 5.85. The molecule has 0 bridgehead atoms. The molecule has 0 saturated carbocycles. The van der Waals surface area contributed by atoms with Gasteiger partial charge in [0.05, 0.1) is 6.10 Å². The van der Waals surface area contributed by atoms with Gasteiger partial charge >= 0.3 is 29.2 Å². The van der Waals surface area contributed by atoms with Gasteiger partial charge in [-0.25, -0.2) is 22.9 Å². The van der Waals surface area contributed by atoms with E-state index in [9.17, 15) is 42.8 Å². The Bertz CT molecular complexity index is 1100. The van der Waals surface area contributed by atoms with Gasteiger partial charge in [0.15, 0.2) is 11.8 Å². The Morgan fingerprint density at radius 2 is 1.84 bits per heavy atom. The van der Waals surface area contributed by atoms with E-state index in [4.69, 9.17) is 19.4 Å². The van der Waals surface area contributed by atoms with Gasteiger partial charge in [0.25, 0.3) is 5.56 Å². The first kappa shape index (κ1) is 27.1. The largest absolute Gasteiger partial charge is 0.490 e. The van der Waals surface area contributed by atoms with E-state index in [2.05, 4.69) is 18.2 Å². The molecule has 0 aliphatic carbocycles. The van der Waals surface area contributed by atoms with Crippen LogP contribution >= 0.6 is 23.5 Å². The number of aliphatic hydroxyl groups excluding tert-OH is 1. The summed E-state index contributed by atoms with van der Waals surface area (Å²) in [7, 11) is -17.2. The number of halogens is 1. The zero-order valence-electron chi connectivity index (χ0n) is 15.6. The topological polar surface area (TPSA) is 277 Å². The highest BCUT2D eigenvalue weighted by Gasteiger charge is 2.59. The number of aliphatic hydroxyl groups is 2. The highest BCUT2D eigenvalue weighted by atomic mass is 31.3. The Hall–Kier alpha value is -1.17. The standard InChI is InChI=1S/C10H17FN3O15P3/c1-4(27-31(22,23)29-32(24,25)28-30(19,20)21)6-7(16)10(18,3-11)8(26-6)14-9(17)13-5(15)2-12-14/h2,4,6-8,16,18H,3H2,1H3,(H,22,23)(H,24,25)(H,13,15,17)(H2,19,20,21)/t4-,6+,7?,8+,10+/m0/s1. The molecule has 184 valence electrons. The molecule has 1 saturated heterocycles. The van der Waals surface area contributed by atoms with E-state index < -0.39 is 71.5 Å². The average molecular weight is 531 g/mol. The molecule has 1 aliphatic rings. The van der Waals surface area contributed by atoms with Crippen molar-refractivity contribution in [1.29, 1.82) is 0 Å². The third kappa shape index (κ3) is 6.24. The molecule has 1 fully saturated rings. The van der Waals surface area contributed by atoms with Crippen molar-refractivity contribution >= 4 is 23.5 Å². The molecule has 7 atom stereocenters. The van der Waals surface area contributed by atoms with Crippen molar-refractivity contribution in [2.75, 3.05) is 6.67 Å². The lowest BCUT2D eigenvalue weighted by molar-refractivity contribution is -0.127.